The molecule has 1 aliphatic rings. The van der Waals surface area contributed by atoms with Gasteiger partial charge in [0.2, 0.25) is 5.91 Å². The van der Waals surface area contributed by atoms with Crippen LogP contribution in [0.2, 0.25) is 0 Å². The van der Waals surface area contributed by atoms with Crippen molar-refractivity contribution in [3.63, 3.8) is 0 Å². The van der Waals surface area contributed by atoms with Crippen LogP contribution in [0.5, 0.6) is 5.75 Å². The Labute approximate surface area is 195 Å². The topological polar surface area (TPSA) is 75.7 Å². The normalized spacial score (nSPS) is 15.8. The van der Waals surface area contributed by atoms with E-state index in [0.29, 0.717) is 29.6 Å². The molecule has 0 fully saturated rings. The molecular weight excluding hydrogens is 436 g/mol. The van der Waals surface area contributed by atoms with Gasteiger partial charge in [-0.25, -0.2) is 8.42 Å². The fraction of sp³-hybridized carbons (Fsp3) is 0.346. The van der Waals surface area contributed by atoms with Crippen LogP contribution in [-0.2, 0) is 14.8 Å². The van der Waals surface area contributed by atoms with Crippen molar-refractivity contribution in [3.05, 3.63) is 60.7 Å². The molecule has 4 rings (SSSR count). The molecule has 1 amide bonds. The molecule has 6 nitrogen and oxygen atoms in total. The maximum absolute atomic E-state index is 13.2. The third-order valence-corrected chi connectivity index (χ3v) is 7.26. The minimum absolute atomic E-state index is 0.00592. The lowest BCUT2D eigenvalue weighted by molar-refractivity contribution is -0.127. The number of amides is 1. The van der Waals surface area contributed by atoms with Gasteiger partial charge in [-0.1, -0.05) is 44.2 Å². The van der Waals surface area contributed by atoms with Gasteiger partial charge in [0.25, 0.3) is 10.0 Å². The molecule has 0 spiro atoms. The molecule has 0 radical (unpaired) electrons. The Balaban J connectivity index is 1.65. The first-order valence-corrected chi connectivity index (χ1v) is 12.7. The summed E-state index contributed by atoms with van der Waals surface area (Å²) in [5.74, 6) is 0.948. The van der Waals surface area contributed by atoms with Crippen LogP contribution in [0.15, 0.2) is 65.6 Å². The zero-order valence-corrected chi connectivity index (χ0v) is 20.3. The zero-order valence-electron chi connectivity index (χ0n) is 19.5. The first kappa shape index (κ1) is 23.1. The molecule has 1 N–H and O–H groups in total. The van der Waals surface area contributed by atoms with Gasteiger partial charge in [0, 0.05) is 12.6 Å². The van der Waals surface area contributed by atoms with Gasteiger partial charge in [0.15, 0.2) is 0 Å². The van der Waals surface area contributed by atoms with Crippen molar-refractivity contribution < 1.29 is 17.9 Å². The fourth-order valence-electron chi connectivity index (χ4n) is 3.87. The molecule has 1 heterocycles. The standard InChI is InChI=1S/C26H30N2O4S/c1-18(2)13-14-28-23-12-10-21(16-24(23)32-17-26(3,4)25(28)29)27-33(30,31)22-11-9-19-7-5-6-8-20(19)15-22/h5-12,15-16,18,27H,13-14,17H2,1-4H3. The number of carbonyl (C=O) groups excluding carboxylic acids is 1. The number of carbonyl (C=O) groups is 1. The van der Waals surface area contributed by atoms with Crippen molar-refractivity contribution in [1.82, 2.24) is 0 Å². The minimum Gasteiger partial charge on any atom is -0.490 e. The molecular formula is C26H30N2O4S. The Morgan fingerprint density at radius 1 is 1.03 bits per heavy atom. The number of nitrogens with zero attached hydrogens (tertiary/aromatic N) is 1. The Kier molecular flexibility index (Phi) is 6.10. The molecule has 0 saturated heterocycles. The molecule has 3 aromatic rings. The summed E-state index contributed by atoms with van der Waals surface area (Å²) in [6, 6.07) is 17.8. The maximum Gasteiger partial charge on any atom is 0.261 e. The van der Waals surface area contributed by atoms with E-state index in [1.165, 1.54) is 0 Å². The van der Waals surface area contributed by atoms with E-state index in [-0.39, 0.29) is 17.4 Å². The number of sulfonamides is 1. The van der Waals surface area contributed by atoms with E-state index in [1.54, 1.807) is 41.3 Å². The second-order valence-corrected chi connectivity index (χ2v) is 11.3. The Morgan fingerprint density at radius 3 is 2.48 bits per heavy atom. The first-order chi connectivity index (χ1) is 15.6. The van der Waals surface area contributed by atoms with Crippen molar-refractivity contribution in [3.8, 4) is 5.75 Å². The van der Waals surface area contributed by atoms with Gasteiger partial charge in [-0.2, -0.15) is 0 Å². The summed E-state index contributed by atoms with van der Waals surface area (Å²) in [6.07, 6.45) is 0.859. The van der Waals surface area contributed by atoms with Crippen LogP contribution >= 0.6 is 0 Å². The number of ether oxygens (including phenoxy) is 1. The predicted octanol–water partition coefficient (Wildman–Crippen LogP) is 5.44. The van der Waals surface area contributed by atoms with E-state index in [1.807, 2.05) is 38.1 Å². The summed E-state index contributed by atoms with van der Waals surface area (Å²) in [4.78, 5) is 15.1. The summed E-state index contributed by atoms with van der Waals surface area (Å²) in [5.41, 5.74) is 0.374. The summed E-state index contributed by atoms with van der Waals surface area (Å²) in [6.45, 7) is 8.78. The van der Waals surface area contributed by atoms with Gasteiger partial charge < -0.3 is 9.64 Å². The van der Waals surface area contributed by atoms with Crippen molar-refractivity contribution in [1.29, 1.82) is 0 Å². The van der Waals surface area contributed by atoms with E-state index >= 15 is 0 Å². The molecule has 0 atom stereocenters. The molecule has 0 unspecified atom stereocenters. The van der Waals surface area contributed by atoms with E-state index in [4.69, 9.17) is 4.74 Å². The largest absolute Gasteiger partial charge is 0.490 e. The number of hydrogen-bond acceptors (Lipinski definition) is 4. The van der Waals surface area contributed by atoms with E-state index in [9.17, 15) is 13.2 Å². The quantitative estimate of drug-likeness (QED) is 0.525. The van der Waals surface area contributed by atoms with Crippen LogP contribution in [0.4, 0.5) is 11.4 Å². The number of benzene rings is 3. The summed E-state index contributed by atoms with van der Waals surface area (Å²) in [7, 11) is -3.80. The molecule has 1 aliphatic heterocycles. The van der Waals surface area contributed by atoms with Gasteiger partial charge in [0.1, 0.15) is 12.4 Å². The van der Waals surface area contributed by atoms with Crippen LogP contribution in [0.25, 0.3) is 10.8 Å². The lowest BCUT2D eigenvalue weighted by atomic mass is 9.92. The summed E-state index contributed by atoms with van der Waals surface area (Å²) in [5, 5.41) is 1.83. The number of rotatable bonds is 6. The van der Waals surface area contributed by atoms with E-state index in [0.717, 1.165) is 17.2 Å². The lowest BCUT2D eigenvalue weighted by Gasteiger charge is -2.28. The van der Waals surface area contributed by atoms with E-state index < -0.39 is 15.4 Å². The summed E-state index contributed by atoms with van der Waals surface area (Å²) >= 11 is 0. The van der Waals surface area contributed by atoms with Crippen molar-refractivity contribution in [2.75, 3.05) is 22.8 Å². The molecule has 3 aromatic carbocycles. The molecule has 33 heavy (non-hydrogen) atoms. The summed E-state index contributed by atoms with van der Waals surface area (Å²) < 4.78 is 34.8. The van der Waals surface area contributed by atoms with Crippen LogP contribution in [0, 0.1) is 11.3 Å². The Bertz CT molecular complexity index is 1300. The second kappa shape index (κ2) is 8.71. The van der Waals surface area contributed by atoms with Gasteiger partial charge in [0.05, 0.1) is 21.7 Å². The van der Waals surface area contributed by atoms with Crippen molar-refractivity contribution in [2.24, 2.45) is 11.3 Å². The molecule has 0 saturated carbocycles. The maximum atomic E-state index is 13.2. The minimum atomic E-state index is -3.80. The van der Waals surface area contributed by atoms with Gasteiger partial charge in [-0.15, -0.1) is 0 Å². The lowest BCUT2D eigenvalue weighted by Crippen LogP contribution is -2.42. The van der Waals surface area contributed by atoms with Crippen molar-refractivity contribution in [2.45, 2.75) is 39.0 Å². The third-order valence-electron chi connectivity index (χ3n) is 5.88. The van der Waals surface area contributed by atoms with E-state index in [2.05, 4.69) is 18.6 Å². The third kappa shape index (κ3) is 4.83. The molecule has 0 aliphatic carbocycles. The second-order valence-electron chi connectivity index (χ2n) is 9.61. The monoisotopic (exact) mass is 466 g/mol. The Hall–Kier alpha value is -3.06. The first-order valence-electron chi connectivity index (χ1n) is 11.2. The van der Waals surface area contributed by atoms with Crippen LogP contribution in [0.3, 0.4) is 0 Å². The molecule has 174 valence electrons. The van der Waals surface area contributed by atoms with Crippen molar-refractivity contribution >= 4 is 38.1 Å². The van der Waals surface area contributed by atoms with Gasteiger partial charge in [-0.3, -0.25) is 9.52 Å². The highest BCUT2D eigenvalue weighted by atomic mass is 32.2. The molecule has 7 heteroatoms. The average Bonchev–Trinajstić information content (AvgIpc) is 2.86. The average molecular weight is 467 g/mol. The van der Waals surface area contributed by atoms with Gasteiger partial charge in [-0.05, 0) is 61.2 Å². The predicted molar refractivity (Wildman–Crippen MR) is 132 cm³/mol. The highest BCUT2D eigenvalue weighted by Gasteiger charge is 2.37. The van der Waals surface area contributed by atoms with Crippen LogP contribution < -0.4 is 14.4 Å². The molecule has 0 bridgehead atoms. The molecule has 0 aromatic heterocycles. The number of fused-ring (bicyclic) bond motifs is 2. The fourth-order valence-corrected chi connectivity index (χ4v) is 4.95. The highest BCUT2D eigenvalue weighted by molar-refractivity contribution is 7.92. The zero-order chi connectivity index (χ0) is 23.8. The van der Waals surface area contributed by atoms with Crippen LogP contribution in [-0.4, -0.2) is 27.5 Å². The van der Waals surface area contributed by atoms with Gasteiger partial charge >= 0.3 is 0 Å². The number of nitrogens with one attached hydrogen (secondary N) is 1. The SMILES string of the molecule is CC(C)CCN1C(=O)C(C)(C)COc2cc(NS(=O)(=O)c3ccc4ccccc4c3)ccc21. The Morgan fingerprint density at radius 2 is 1.76 bits per heavy atom. The number of anilines is 2. The highest BCUT2D eigenvalue weighted by Crippen LogP contribution is 2.39. The smallest absolute Gasteiger partial charge is 0.261 e. The van der Waals surface area contributed by atoms with Crippen LogP contribution in [0.1, 0.15) is 34.1 Å². The number of hydrogen-bond donors (Lipinski definition) is 1.